The van der Waals surface area contributed by atoms with E-state index in [2.05, 4.69) is 5.32 Å². The first-order valence-corrected chi connectivity index (χ1v) is 11.5. The van der Waals surface area contributed by atoms with Crippen LogP contribution < -0.4 is 10.9 Å². The number of imidazole rings is 1. The number of hydrogen-bond donors (Lipinski definition) is 2. The van der Waals surface area contributed by atoms with Crippen molar-refractivity contribution in [2.75, 3.05) is 6.54 Å². The Balaban J connectivity index is 1.51. The molecule has 33 heavy (non-hydrogen) atoms. The Bertz CT molecular complexity index is 1320. The molecule has 0 radical (unpaired) electrons. The van der Waals surface area contributed by atoms with Crippen molar-refractivity contribution >= 4 is 45.9 Å². The SMILES string of the molecule is N=c1n(CC(=O)C2=CC=C(Cl)CC2)c2cccc(Cl)c2n1CCCNC(=O)c1ccccc1. The minimum Gasteiger partial charge on any atom is -0.352 e. The van der Waals surface area contributed by atoms with Crippen LogP contribution in [0, 0.1) is 5.41 Å². The van der Waals surface area contributed by atoms with E-state index < -0.39 is 0 Å². The number of Topliss-reactive ketones (excluding diaryl/α,β-unsaturated/α-hetero) is 1. The predicted molar refractivity (Wildman–Crippen MR) is 130 cm³/mol. The number of aryl methyl sites for hydroxylation is 1. The van der Waals surface area contributed by atoms with Gasteiger partial charge in [-0.05, 0) is 55.2 Å². The lowest BCUT2D eigenvalue weighted by Gasteiger charge is -2.11. The van der Waals surface area contributed by atoms with Gasteiger partial charge in [0.1, 0.15) is 0 Å². The molecule has 4 rings (SSSR count). The number of ketones is 1. The third-order valence-corrected chi connectivity index (χ3v) is 6.30. The van der Waals surface area contributed by atoms with Crippen LogP contribution >= 0.6 is 23.2 Å². The number of fused-ring (bicyclic) bond motifs is 1. The number of para-hydroxylation sites is 1. The highest BCUT2D eigenvalue weighted by Crippen LogP contribution is 2.25. The molecule has 0 saturated carbocycles. The summed E-state index contributed by atoms with van der Waals surface area (Å²) in [6.07, 6.45) is 5.39. The van der Waals surface area contributed by atoms with Crippen LogP contribution in [0.25, 0.3) is 11.0 Å². The molecule has 170 valence electrons. The van der Waals surface area contributed by atoms with Gasteiger partial charge >= 0.3 is 0 Å². The summed E-state index contributed by atoms with van der Waals surface area (Å²) in [5, 5.41) is 12.9. The lowest BCUT2D eigenvalue weighted by atomic mass is 10.0. The normalized spacial score (nSPS) is 13.5. The maximum Gasteiger partial charge on any atom is 0.251 e. The van der Waals surface area contributed by atoms with E-state index in [1.54, 1.807) is 39.5 Å². The number of halogens is 2. The topological polar surface area (TPSA) is 79.9 Å². The average molecular weight is 483 g/mol. The minimum atomic E-state index is -0.132. The summed E-state index contributed by atoms with van der Waals surface area (Å²) >= 11 is 12.5. The van der Waals surface area contributed by atoms with Crippen LogP contribution in [-0.4, -0.2) is 27.4 Å². The third kappa shape index (κ3) is 5.13. The highest BCUT2D eigenvalue weighted by atomic mass is 35.5. The molecular formula is C25H24Cl2N4O2. The molecule has 0 saturated heterocycles. The smallest absolute Gasteiger partial charge is 0.251 e. The molecule has 1 amide bonds. The van der Waals surface area contributed by atoms with E-state index in [1.165, 1.54) is 0 Å². The summed E-state index contributed by atoms with van der Waals surface area (Å²) in [5.74, 6) is -0.171. The molecule has 3 aromatic rings. The molecular weight excluding hydrogens is 459 g/mol. The number of amides is 1. The molecule has 2 N–H and O–H groups in total. The van der Waals surface area contributed by atoms with Crippen molar-refractivity contribution in [3.8, 4) is 0 Å². The maximum atomic E-state index is 12.9. The zero-order chi connectivity index (χ0) is 23.4. The van der Waals surface area contributed by atoms with Crippen LogP contribution in [0.2, 0.25) is 5.02 Å². The van der Waals surface area contributed by atoms with Crippen molar-refractivity contribution in [2.24, 2.45) is 0 Å². The summed E-state index contributed by atoms with van der Waals surface area (Å²) in [4.78, 5) is 25.1. The number of benzene rings is 2. The maximum absolute atomic E-state index is 12.9. The number of nitrogens with zero attached hydrogens (tertiary/aromatic N) is 2. The molecule has 0 fully saturated rings. The van der Waals surface area contributed by atoms with Crippen LogP contribution in [0.5, 0.6) is 0 Å². The summed E-state index contributed by atoms with van der Waals surface area (Å²) < 4.78 is 3.48. The Morgan fingerprint density at radius 2 is 1.76 bits per heavy atom. The van der Waals surface area contributed by atoms with Gasteiger partial charge in [0.25, 0.3) is 5.91 Å². The second-order valence-corrected chi connectivity index (χ2v) is 8.77. The molecule has 6 nitrogen and oxygen atoms in total. The largest absolute Gasteiger partial charge is 0.352 e. The number of nitrogens with one attached hydrogen (secondary N) is 2. The van der Waals surface area contributed by atoms with E-state index in [9.17, 15) is 9.59 Å². The molecule has 1 aliphatic carbocycles. The molecule has 0 unspecified atom stereocenters. The molecule has 0 atom stereocenters. The fourth-order valence-electron chi connectivity index (χ4n) is 3.95. The van der Waals surface area contributed by atoms with Gasteiger partial charge in [0.2, 0.25) is 5.62 Å². The second-order valence-electron chi connectivity index (χ2n) is 7.87. The van der Waals surface area contributed by atoms with Gasteiger partial charge in [0, 0.05) is 23.7 Å². The van der Waals surface area contributed by atoms with Crippen molar-refractivity contribution in [2.45, 2.75) is 32.4 Å². The number of aromatic nitrogens is 2. The first-order chi connectivity index (χ1) is 16.0. The predicted octanol–water partition coefficient (Wildman–Crippen LogP) is 4.81. The van der Waals surface area contributed by atoms with Crippen LogP contribution in [0.1, 0.15) is 29.6 Å². The van der Waals surface area contributed by atoms with Crippen LogP contribution in [-0.2, 0) is 17.9 Å². The van der Waals surface area contributed by atoms with E-state index in [0.717, 1.165) is 10.5 Å². The van der Waals surface area contributed by atoms with Crippen LogP contribution in [0.3, 0.4) is 0 Å². The lowest BCUT2D eigenvalue weighted by Crippen LogP contribution is -2.30. The van der Waals surface area contributed by atoms with E-state index in [1.807, 2.05) is 30.3 Å². The van der Waals surface area contributed by atoms with Crippen molar-refractivity contribution in [1.29, 1.82) is 5.41 Å². The standard InChI is InChI=1S/C25H24Cl2N4O2/c26-19-12-10-17(11-13-19)22(32)16-31-21-9-4-8-20(27)23(21)30(25(31)28)15-5-14-29-24(33)18-6-2-1-3-7-18/h1-4,6-10,12,28H,5,11,13-16H2,(H,29,33). The van der Waals surface area contributed by atoms with Crippen molar-refractivity contribution in [1.82, 2.24) is 14.5 Å². The monoisotopic (exact) mass is 482 g/mol. The lowest BCUT2D eigenvalue weighted by molar-refractivity contribution is -0.116. The van der Waals surface area contributed by atoms with Crippen LogP contribution in [0.15, 0.2) is 71.3 Å². The van der Waals surface area contributed by atoms with Gasteiger partial charge < -0.3 is 14.5 Å². The quantitative estimate of drug-likeness (QED) is 0.451. The van der Waals surface area contributed by atoms with E-state index >= 15 is 0 Å². The zero-order valence-corrected chi connectivity index (χ0v) is 19.5. The first kappa shape index (κ1) is 23.1. The number of hydrogen-bond acceptors (Lipinski definition) is 3. The van der Waals surface area contributed by atoms with Gasteiger partial charge in [0.05, 0.1) is 22.6 Å². The summed E-state index contributed by atoms with van der Waals surface area (Å²) in [6.45, 7) is 0.997. The number of carbonyl (C=O) groups is 2. The van der Waals surface area contributed by atoms with Gasteiger partial charge in [-0.3, -0.25) is 15.0 Å². The molecule has 8 heteroatoms. The Labute approximate surface area is 201 Å². The van der Waals surface area contributed by atoms with Crippen molar-refractivity contribution in [3.63, 3.8) is 0 Å². The summed E-state index contributed by atoms with van der Waals surface area (Å²) in [6, 6.07) is 14.5. The molecule has 1 heterocycles. The first-order valence-electron chi connectivity index (χ1n) is 10.8. The Morgan fingerprint density at radius 3 is 2.48 bits per heavy atom. The number of rotatable bonds is 8. The van der Waals surface area contributed by atoms with E-state index in [4.69, 9.17) is 28.6 Å². The minimum absolute atomic E-state index is 0.0388. The highest BCUT2D eigenvalue weighted by molar-refractivity contribution is 6.35. The van der Waals surface area contributed by atoms with Gasteiger partial charge in [-0.2, -0.15) is 0 Å². The van der Waals surface area contributed by atoms with Gasteiger partial charge in [0.15, 0.2) is 5.78 Å². The number of carbonyl (C=O) groups excluding carboxylic acids is 2. The molecule has 1 aromatic heterocycles. The fourth-order valence-corrected chi connectivity index (χ4v) is 4.38. The Morgan fingerprint density at radius 1 is 0.970 bits per heavy atom. The Kier molecular flexibility index (Phi) is 7.16. The zero-order valence-electron chi connectivity index (χ0n) is 18.0. The average Bonchev–Trinajstić information content (AvgIpc) is 3.09. The fraction of sp³-hybridized carbons (Fsp3) is 0.240. The second kappa shape index (κ2) is 10.2. The van der Waals surface area contributed by atoms with Crippen molar-refractivity contribution < 1.29 is 9.59 Å². The summed E-state index contributed by atoms with van der Waals surface area (Å²) in [7, 11) is 0. The molecule has 0 aliphatic heterocycles. The molecule has 0 bridgehead atoms. The van der Waals surface area contributed by atoms with E-state index in [-0.39, 0.29) is 23.9 Å². The molecule has 0 spiro atoms. The van der Waals surface area contributed by atoms with Crippen LogP contribution in [0.4, 0.5) is 0 Å². The molecule has 2 aromatic carbocycles. The third-order valence-electron chi connectivity index (χ3n) is 5.68. The molecule has 1 aliphatic rings. The highest BCUT2D eigenvalue weighted by Gasteiger charge is 2.19. The van der Waals surface area contributed by atoms with Gasteiger partial charge in [-0.15, -0.1) is 0 Å². The number of allylic oxidation sites excluding steroid dienone is 4. The summed E-state index contributed by atoms with van der Waals surface area (Å²) in [5.41, 5.74) is 2.97. The van der Waals surface area contributed by atoms with Gasteiger partial charge in [-0.1, -0.05) is 53.5 Å². The van der Waals surface area contributed by atoms with Crippen molar-refractivity contribution in [3.05, 3.63) is 87.5 Å². The Hall–Kier alpha value is -3.09. The van der Waals surface area contributed by atoms with Gasteiger partial charge in [-0.25, -0.2) is 0 Å². The van der Waals surface area contributed by atoms with E-state index in [0.29, 0.717) is 54.0 Å².